The molecule has 5 rings (SSSR count). The first-order valence-corrected chi connectivity index (χ1v) is 13.7. The van der Waals surface area contributed by atoms with Crippen molar-refractivity contribution in [2.24, 2.45) is 0 Å². The average Bonchev–Trinajstić information content (AvgIpc) is 3.47. The normalized spacial score (nSPS) is 23.5. The lowest BCUT2D eigenvalue weighted by molar-refractivity contribution is -0.234. The summed E-state index contributed by atoms with van der Waals surface area (Å²) in [5.74, 6) is -0.0834. The molecular weight excluding hydrogens is 526 g/mol. The van der Waals surface area contributed by atoms with Gasteiger partial charge in [-0.1, -0.05) is 60.7 Å². The molecule has 2 fully saturated rings. The second-order valence-corrected chi connectivity index (χ2v) is 10.4. The number of ether oxygens (including phenoxy) is 7. The van der Waals surface area contributed by atoms with Crippen LogP contribution in [0.4, 0.5) is 0 Å². The van der Waals surface area contributed by atoms with E-state index in [1.54, 1.807) is 25.3 Å². The summed E-state index contributed by atoms with van der Waals surface area (Å²) in [5.41, 5.74) is 2.45. The number of rotatable bonds is 12. The van der Waals surface area contributed by atoms with Gasteiger partial charge in [0.1, 0.15) is 24.4 Å². The first-order chi connectivity index (χ1) is 19.9. The van der Waals surface area contributed by atoms with Crippen molar-refractivity contribution in [1.29, 1.82) is 0 Å². The molecule has 3 aromatic rings. The molecule has 9 nitrogen and oxygen atoms in total. The topological polar surface area (TPSA) is 93.7 Å². The van der Waals surface area contributed by atoms with Crippen LogP contribution in [0.3, 0.4) is 0 Å². The molecule has 218 valence electrons. The Balaban J connectivity index is 1.35. The van der Waals surface area contributed by atoms with Crippen LogP contribution < -0.4 is 14.8 Å². The van der Waals surface area contributed by atoms with Crippen LogP contribution in [0.2, 0.25) is 0 Å². The van der Waals surface area contributed by atoms with Crippen LogP contribution in [0.5, 0.6) is 11.5 Å². The first kappa shape index (κ1) is 29.0. The van der Waals surface area contributed by atoms with E-state index in [1.165, 1.54) is 7.11 Å². The fourth-order valence-electron chi connectivity index (χ4n) is 5.08. The van der Waals surface area contributed by atoms with Crippen molar-refractivity contribution in [1.82, 2.24) is 5.32 Å². The van der Waals surface area contributed by atoms with E-state index >= 15 is 0 Å². The molecule has 2 heterocycles. The van der Waals surface area contributed by atoms with Gasteiger partial charge in [0.15, 0.2) is 23.6 Å². The number of carbonyl (C=O) groups is 1. The first-order valence-electron chi connectivity index (χ1n) is 13.7. The maximum atomic E-state index is 13.2. The Kier molecular flexibility index (Phi) is 9.22. The number of amides is 1. The molecule has 41 heavy (non-hydrogen) atoms. The zero-order valence-corrected chi connectivity index (χ0v) is 23.8. The summed E-state index contributed by atoms with van der Waals surface area (Å²) in [4.78, 5) is 13.2. The van der Waals surface area contributed by atoms with E-state index in [0.29, 0.717) is 30.3 Å². The highest BCUT2D eigenvalue weighted by molar-refractivity contribution is 5.94. The number of fused-ring (bicyclic) bond motifs is 1. The summed E-state index contributed by atoms with van der Waals surface area (Å²) in [6.07, 6.45) is -2.72. The van der Waals surface area contributed by atoms with Crippen molar-refractivity contribution in [3.63, 3.8) is 0 Å². The van der Waals surface area contributed by atoms with Crippen LogP contribution in [0.25, 0.3) is 0 Å². The van der Waals surface area contributed by atoms with Crippen LogP contribution in [0.15, 0.2) is 78.9 Å². The van der Waals surface area contributed by atoms with Crippen molar-refractivity contribution < 1.29 is 38.0 Å². The van der Waals surface area contributed by atoms with E-state index in [2.05, 4.69) is 5.32 Å². The van der Waals surface area contributed by atoms with Gasteiger partial charge >= 0.3 is 0 Å². The smallest absolute Gasteiger partial charge is 0.251 e. The second-order valence-electron chi connectivity index (χ2n) is 10.4. The molecule has 1 amide bonds. The average molecular weight is 564 g/mol. The molecule has 2 saturated heterocycles. The van der Waals surface area contributed by atoms with E-state index < -0.39 is 36.5 Å². The molecule has 0 spiro atoms. The monoisotopic (exact) mass is 563 g/mol. The van der Waals surface area contributed by atoms with Gasteiger partial charge < -0.3 is 38.5 Å². The SMILES string of the molecule is COc1ccc(C(=O)NC[C@@H](OCc2ccccc2)[C@H]2O[C@@H]3OC(C)(C)O[C@@H]3[C@H]2OCc2ccccc2)cc1OC. The summed E-state index contributed by atoms with van der Waals surface area (Å²) in [6, 6.07) is 24.8. The van der Waals surface area contributed by atoms with Gasteiger partial charge in [0.05, 0.1) is 27.4 Å². The standard InChI is InChI=1S/C32H37NO8/c1-32(2)40-29-28(38-20-22-13-9-6-10-14-22)27(39-31(29)41-32)26(37-19-21-11-7-5-8-12-21)18-33-30(34)23-15-16-24(35-3)25(17-23)36-4/h5-17,26-29,31H,18-20H2,1-4H3,(H,33,34)/t26-,27-,28+,29-,31-/m1/s1. The Bertz CT molecular complexity index is 1290. The Hall–Kier alpha value is -3.47. The number of nitrogens with one attached hydrogen (secondary N) is 1. The molecule has 3 aromatic carbocycles. The molecule has 0 bridgehead atoms. The van der Waals surface area contributed by atoms with Gasteiger partial charge in [-0.2, -0.15) is 0 Å². The summed E-state index contributed by atoms with van der Waals surface area (Å²) >= 11 is 0. The minimum atomic E-state index is -0.809. The van der Waals surface area contributed by atoms with Crippen molar-refractivity contribution >= 4 is 5.91 Å². The van der Waals surface area contributed by atoms with Crippen molar-refractivity contribution in [3.8, 4) is 11.5 Å². The molecule has 0 aromatic heterocycles. The number of methoxy groups -OCH3 is 2. The van der Waals surface area contributed by atoms with Gasteiger partial charge in [-0.3, -0.25) is 4.79 Å². The van der Waals surface area contributed by atoms with Gasteiger partial charge in [-0.15, -0.1) is 0 Å². The number of hydrogen-bond donors (Lipinski definition) is 1. The lowest BCUT2D eigenvalue weighted by Gasteiger charge is -2.31. The van der Waals surface area contributed by atoms with Crippen LogP contribution >= 0.6 is 0 Å². The second kappa shape index (κ2) is 13.0. The van der Waals surface area contributed by atoms with E-state index in [0.717, 1.165) is 11.1 Å². The molecule has 0 unspecified atom stereocenters. The molecule has 5 atom stereocenters. The molecule has 2 aliphatic heterocycles. The molecule has 1 N–H and O–H groups in total. The summed E-state index contributed by atoms with van der Waals surface area (Å²) < 4.78 is 42.2. The van der Waals surface area contributed by atoms with Crippen LogP contribution in [-0.4, -0.2) is 63.2 Å². The van der Waals surface area contributed by atoms with E-state index in [9.17, 15) is 4.79 Å². The zero-order valence-electron chi connectivity index (χ0n) is 23.8. The van der Waals surface area contributed by atoms with Gasteiger partial charge in [0, 0.05) is 12.1 Å². The van der Waals surface area contributed by atoms with E-state index in [1.807, 2.05) is 74.5 Å². The molecule has 0 saturated carbocycles. The lowest BCUT2D eigenvalue weighted by atomic mass is 10.0. The van der Waals surface area contributed by atoms with E-state index in [-0.39, 0.29) is 12.5 Å². The zero-order chi connectivity index (χ0) is 28.8. The lowest BCUT2D eigenvalue weighted by Crippen LogP contribution is -2.48. The summed E-state index contributed by atoms with van der Waals surface area (Å²) in [6.45, 7) is 4.56. The van der Waals surface area contributed by atoms with Gasteiger partial charge in [-0.25, -0.2) is 0 Å². The maximum Gasteiger partial charge on any atom is 0.251 e. The van der Waals surface area contributed by atoms with Crippen LogP contribution in [-0.2, 0) is 36.9 Å². The van der Waals surface area contributed by atoms with Gasteiger partial charge in [0.25, 0.3) is 5.91 Å². The molecule has 0 aliphatic carbocycles. The third-order valence-corrected chi connectivity index (χ3v) is 7.10. The Morgan fingerprint density at radius 2 is 1.54 bits per heavy atom. The Morgan fingerprint density at radius 3 is 2.20 bits per heavy atom. The summed E-state index contributed by atoms with van der Waals surface area (Å²) in [7, 11) is 3.08. The molecule has 2 aliphatic rings. The fourth-order valence-corrected chi connectivity index (χ4v) is 5.08. The maximum absolute atomic E-state index is 13.2. The third-order valence-electron chi connectivity index (χ3n) is 7.10. The highest BCUT2D eigenvalue weighted by Gasteiger charge is 2.57. The van der Waals surface area contributed by atoms with Crippen LogP contribution in [0.1, 0.15) is 35.3 Å². The van der Waals surface area contributed by atoms with Gasteiger partial charge in [-0.05, 0) is 43.2 Å². The van der Waals surface area contributed by atoms with Crippen molar-refractivity contribution in [3.05, 3.63) is 95.6 Å². The Labute approximate surface area is 240 Å². The van der Waals surface area contributed by atoms with Crippen LogP contribution in [0, 0.1) is 0 Å². The molecule has 0 radical (unpaired) electrons. The minimum absolute atomic E-state index is 0.165. The number of carbonyl (C=O) groups excluding carboxylic acids is 1. The van der Waals surface area contributed by atoms with Gasteiger partial charge in [0.2, 0.25) is 0 Å². The molecule has 9 heteroatoms. The van der Waals surface area contributed by atoms with E-state index in [4.69, 9.17) is 33.2 Å². The fraction of sp³-hybridized carbons (Fsp3) is 0.406. The Morgan fingerprint density at radius 1 is 0.878 bits per heavy atom. The minimum Gasteiger partial charge on any atom is -0.493 e. The van der Waals surface area contributed by atoms with Crippen molar-refractivity contribution in [2.75, 3.05) is 20.8 Å². The third kappa shape index (κ3) is 7.06. The quantitative estimate of drug-likeness (QED) is 0.345. The highest BCUT2D eigenvalue weighted by Crippen LogP contribution is 2.40. The number of benzene rings is 3. The predicted molar refractivity (Wildman–Crippen MR) is 151 cm³/mol. The number of hydrogen-bond acceptors (Lipinski definition) is 8. The summed E-state index contributed by atoms with van der Waals surface area (Å²) in [5, 5.41) is 3.00. The largest absolute Gasteiger partial charge is 0.493 e. The van der Waals surface area contributed by atoms with Crippen molar-refractivity contribution in [2.45, 2.75) is 63.6 Å². The highest BCUT2D eigenvalue weighted by atomic mass is 16.8. The molecular formula is C32H37NO8. The predicted octanol–water partition coefficient (Wildman–Crippen LogP) is 4.48.